The molecule has 1 aliphatic rings. The molecule has 1 heterocycles. The third kappa shape index (κ3) is 4.59. The highest BCUT2D eigenvalue weighted by Crippen LogP contribution is 2.17. The number of hydrogen-bond acceptors (Lipinski definition) is 4. The maximum Gasteiger partial charge on any atom is 0.255 e. The summed E-state index contributed by atoms with van der Waals surface area (Å²) < 4.78 is 6.64. The summed E-state index contributed by atoms with van der Waals surface area (Å²) in [5, 5.41) is 9.91. The molecule has 1 aromatic carbocycles. The molecule has 1 fully saturated rings. The van der Waals surface area contributed by atoms with Gasteiger partial charge in [-0.15, -0.1) is 0 Å². The van der Waals surface area contributed by atoms with Gasteiger partial charge in [0.15, 0.2) is 0 Å². The number of rotatable bonds is 6. The summed E-state index contributed by atoms with van der Waals surface area (Å²) in [6, 6.07) is 7.18. The Morgan fingerprint density at radius 2 is 2.12 bits per heavy atom. The molecule has 0 atom stereocenters. The summed E-state index contributed by atoms with van der Waals surface area (Å²) in [4.78, 5) is 24.3. The predicted molar refractivity (Wildman–Crippen MR) is 93.6 cm³/mol. The van der Waals surface area contributed by atoms with Crippen LogP contribution in [0.1, 0.15) is 36.0 Å². The molecule has 0 bridgehead atoms. The summed E-state index contributed by atoms with van der Waals surface area (Å²) in [6.07, 6.45) is 7.62. The van der Waals surface area contributed by atoms with E-state index in [0.717, 1.165) is 12.8 Å². The molecule has 7 heteroatoms. The third-order valence-electron chi connectivity index (χ3n) is 4.25. The zero-order valence-corrected chi connectivity index (χ0v) is 14.2. The minimum atomic E-state index is -0.256. The molecule has 1 saturated carbocycles. The average Bonchev–Trinajstić information content (AvgIpc) is 3.27. The summed E-state index contributed by atoms with van der Waals surface area (Å²) >= 11 is 0. The van der Waals surface area contributed by atoms with Gasteiger partial charge in [-0.25, -0.2) is 0 Å². The number of anilines is 1. The lowest BCUT2D eigenvalue weighted by Crippen LogP contribution is -2.35. The van der Waals surface area contributed by atoms with Crippen molar-refractivity contribution >= 4 is 17.5 Å². The highest BCUT2D eigenvalue weighted by molar-refractivity contribution is 6.04. The quantitative estimate of drug-likeness (QED) is 0.843. The van der Waals surface area contributed by atoms with Gasteiger partial charge >= 0.3 is 0 Å². The topological polar surface area (TPSA) is 85.2 Å². The lowest BCUT2D eigenvalue weighted by Gasteiger charge is -2.11. The zero-order chi connectivity index (χ0) is 17.6. The van der Waals surface area contributed by atoms with Crippen LogP contribution in [0.3, 0.4) is 0 Å². The number of amides is 2. The zero-order valence-electron chi connectivity index (χ0n) is 14.2. The van der Waals surface area contributed by atoms with E-state index in [-0.39, 0.29) is 24.4 Å². The Hall–Kier alpha value is -2.83. The molecule has 2 amide bonds. The molecule has 0 spiro atoms. The lowest BCUT2D eigenvalue weighted by atomic mass is 10.2. The highest BCUT2D eigenvalue weighted by Gasteiger charge is 2.17. The second-order valence-electron chi connectivity index (χ2n) is 6.16. The van der Waals surface area contributed by atoms with E-state index in [4.69, 9.17) is 4.74 Å². The maximum absolute atomic E-state index is 12.3. The average molecular weight is 342 g/mol. The van der Waals surface area contributed by atoms with Gasteiger partial charge in [0, 0.05) is 17.8 Å². The van der Waals surface area contributed by atoms with Crippen LogP contribution in [0.5, 0.6) is 5.75 Å². The first kappa shape index (κ1) is 17.0. The van der Waals surface area contributed by atoms with Crippen LogP contribution in [0.25, 0.3) is 0 Å². The van der Waals surface area contributed by atoms with Crippen molar-refractivity contribution in [3.05, 3.63) is 42.2 Å². The molecule has 0 aliphatic heterocycles. The van der Waals surface area contributed by atoms with E-state index >= 15 is 0 Å². The van der Waals surface area contributed by atoms with Crippen molar-refractivity contribution in [1.82, 2.24) is 15.1 Å². The van der Waals surface area contributed by atoms with Gasteiger partial charge in [-0.2, -0.15) is 5.10 Å². The van der Waals surface area contributed by atoms with E-state index in [9.17, 15) is 9.59 Å². The SMILES string of the molecule is COc1cccc(C(=O)Nc2cnn(CC(=O)NC3CCCC3)c2)c1. The minimum absolute atomic E-state index is 0.0549. The van der Waals surface area contributed by atoms with Crippen molar-refractivity contribution in [3.8, 4) is 5.75 Å². The van der Waals surface area contributed by atoms with Crippen molar-refractivity contribution in [3.63, 3.8) is 0 Å². The van der Waals surface area contributed by atoms with Gasteiger partial charge in [0.1, 0.15) is 12.3 Å². The number of hydrogen-bond donors (Lipinski definition) is 2. The van der Waals surface area contributed by atoms with Crippen molar-refractivity contribution in [1.29, 1.82) is 0 Å². The number of aromatic nitrogens is 2. The Labute approximate surface area is 146 Å². The molecule has 132 valence electrons. The van der Waals surface area contributed by atoms with Crippen LogP contribution in [0.2, 0.25) is 0 Å². The molecular weight excluding hydrogens is 320 g/mol. The summed E-state index contributed by atoms with van der Waals surface area (Å²) in [6.45, 7) is 0.144. The number of benzene rings is 1. The van der Waals surface area contributed by atoms with E-state index in [2.05, 4.69) is 15.7 Å². The Balaban J connectivity index is 1.55. The van der Waals surface area contributed by atoms with Crippen molar-refractivity contribution in [2.75, 3.05) is 12.4 Å². The first-order chi connectivity index (χ1) is 12.1. The largest absolute Gasteiger partial charge is 0.497 e. The van der Waals surface area contributed by atoms with Gasteiger partial charge in [0.05, 0.1) is 19.0 Å². The fourth-order valence-electron chi connectivity index (χ4n) is 2.97. The summed E-state index contributed by atoms with van der Waals surface area (Å²) in [7, 11) is 1.55. The van der Waals surface area contributed by atoms with Gasteiger partial charge < -0.3 is 15.4 Å². The minimum Gasteiger partial charge on any atom is -0.497 e. The molecule has 0 radical (unpaired) electrons. The Morgan fingerprint density at radius 3 is 2.88 bits per heavy atom. The van der Waals surface area contributed by atoms with Gasteiger partial charge in [-0.05, 0) is 31.0 Å². The van der Waals surface area contributed by atoms with Crippen LogP contribution in [0.4, 0.5) is 5.69 Å². The standard InChI is InChI=1S/C18H22N4O3/c1-25-16-8-4-5-13(9-16)18(24)21-15-10-19-22(11-15)12-17(23)20-14-6-2-3-7-14/h4-5,8-11,14H,2-3,6-7,12H2,1H3,(H,20,23)(H,21,24). The van der Waals surface area contributed by atoms with Crippen molar-refractivity contribution in [2.24, 2.45) is 0 Å². The van der Waals surface area contributed by atoms with Gasteiger partial charge in [0.25, 0.3) is 5.91 Å². The molecule has 25 heavy (non-hydrogen) atoms. The van der Waals surface area contributed by atoms with E-state index in [1.807, 2.05) is 0 Å². The molecular formula is C18H22N4O3. The molecule has 2 N–H and O–H groups in total. The summed E-state index contributed by atoms with van der Waals surface area (Å²) in [5.74, 6) is 0.307. The molecule has 0 saturated heterocycles. The predicted octanol–water partition coefficient (Wildman–Crippen LogP) is 2.20. The Morgan fingerprint density at radius 1 is 1.32 bits per heavy atom. The number of carbonyl (C=O) groups excluding carboxylic acids is 2. The molecule has 2 aromatic rings. The first-order valence-corrected chi connectivity index (χ1v) is 8.41. The molecule has 0 unspecified atom stereocenters. The molecule has 3 rings (SSSR count). The van der Waals surface area contributed by atoms with Gasteiger partial charge in [0.2, 0.25) is 5.91 Å². The molecule has 1 aromatic heterocycles. The molecule has 1 aliphatic carbocycles. The van der Waals surface area contributed by atoms with Crippen molar-refractivity contribution in [2.45, 2.75) is 38.3 Å². The number of ether oxygens (including phenoxy) is 1. The third-order valence-corrected chi connectivity index (χ3v) is 4.25. The maximum atomic E-state index is 12.3. The van der Waals surface area contributed by atoms with E-state index < -0.39 is 0 Å². The Bertz CT molecular complexity index is 750. The van der Waals surface area contributed by atoms with E-state index in [1.54, 1.807) is 37.6 Å². The number of carbonyl (C=O) groups is 2. The van der Waals surface area contributed by atoms with Gasteiger partial charge in [-0.1, -0.05) is 18.9 Å². The second kappa shape index (κ2) is 7.83. The van der Waals surface area contributed by atoms with Crippen LogP contribution in [0, 0.1) is 0 Å². The van der Waals surface area contributed by atoms with Crippen LogP contribution in [0.15, 0.2) is 36.7 Å². The number of methoxy groups -OCH3 is 1. The lowest BCUT2D eigenvalue weighted by molar-refractivity contribution is -0.122. The highest BCUT2D eigenvalue weighted by atomic mass is 16.5. The van der Waals surface area contributed by atoms with Crippen LogP contribution >= 0.6 is 0 Å². The second-order valence-corrected chi connectivity index (χ2v) is 6.16. The fraction of sp³-hybridized carbons (Fsp3) is 0.389. The van der Waals surface area contributed by atoms with E-state index in [0.29, 0.717) is 17.0 Å². The van der Waals surface area contributed by atoms with Crippen LogP contribution in [-0.2, 0) is 11.3 Å². The fourth-order valence-corrected chi connectivity index (χ4v) is 2.97. The van der Waals surface area contributed by atoms with Crippen LogP contribution < -0.4 is 15.4 Å². The first-order valence-electron chi connectivity index (χ1n) is 8.41. The number of nitrogens with one attached hydrogen (secondary N) is 2. The smallest absolute Gasteiger partial charge is 0.255 e. The summed E-state index contributed by atoms with van der Waals surface area (Å²) in [5.41, 5.74) is 1.03. The number of nitrogens with zero attached hydrogens (tertiary/aromatic N) is 2. The monoisotopic (exact) mass is 342 g/mol. The van der Waals surface area contributed by atoms with Crippen molar-refractivity contribution < 1.29 is 14.3 Å². The van der Waals surface area contributed by atoms with Crippen LogP contribution in [-0.4, -0.2) is 34.7 Å². The molecule has 7 nitrogen and oxygen atoms in total. The van der Waals surface area contributed by atoms with E-state index in [1.165, 1.54) is 23.7 Å². The normalized spacial score (nSPS) is 14.3. The Kier molecular flexibility index (Phi) is 5.33. The van der Waals surface area contributed by atoms with Gasteiger partial charge in [-0.3, -0.25) is 14.3 Å².